The van der Waals surface area contributed by atoms with Crippen molar-refractivity contribution in [2.75, 3.05) is 32.7 Å². The molecule has 0 bridgehead atoms. The summed E-state index contributed by atoms with van der Waals surface area (Å²) in [5.41, 5.74) is 0.688. The largest absolute Gasteiger partial charge is 0.389 e. The van der Waals surface area contributed by atoms with Gasteiger partial charge in [0, 0.05) is 42.8 Å². The number of hydrogen-bond donors (Lipinski definition) is 3. The van der Waals surface area contributed by atoms with Crippen molar-refractivity contribution in [2.24, 2.45) is 0 Å². The minimum absolute atomic E-state index is 0.0179. The van der Waals surface area contributed by atoms with Gasteiger partial charge >= 0.3 is 0 Å². The van der Waals surface area contributed by atoms with Crippen molar-refractivity contribution < 1.29 is 32.6 Å². The van der Waals surface area contributed by atoms with Gasteiger partial charge in [-0.15, -0.1) is 0 Å². The number of carbonyl (C=O) groups excluding carboxylic acids is 1. The monoisotopic (exact) mass is 545 g/mol. The maximum Gasteiger partial charge on any atom is 0.246 e. The molecule has 1 aromatic heterocycles. The van der Waals surface area contributed by atoms with E-state index in [0.717, 1.165) is 60.6 Å². The van der Waals surface area contributed by atoms with Crippen LogP contribution in [0.4, 0.5) is 17.6 Å². The Morgan fingerprint density at radius 2 is 1.72 bits per heavy atom. The highest BCUT2D eigenvalue weighted by molar-refractivity contribution is 5.91. The third-order valence-electron chi connectivity index (χ3n) is 8.12. The van der Waals surface area contributed by atoms with E-state index in [1.54, 1.807) is 12.1 Å². The topological polar surface area (TPSA) is 79.8 Å². The van der Waals surface area contributed by atoms with Crippen LogP contribution in [0.25, 0.3) is 17.0 Å². The molecule has 2 aliphatic rings. The Kier molecular flexibility index (Phi) is 7.80. The van der Waals surface area contributed by atoms with E-state index in [0.29, 0.717) is 6.54 Å². The number of piperidine rings is 2. The average molecular weight is 546 g/mol. The van der Waals surface area contributed by atoms with Gasteiger partial charge in [0.15, 0.2) is 17.5 Å². The number of likely N-dealkylation sites (tertiary alicyclic amines) is 2. The summed E-state index contributed by atoms with van der Waals surface area (Å²) in [6.07, 6.45) is 5.39. The molecule has 6 nitrogen and oxygen atoms in total. The summed E-state index contributed by atoms with van der Waals surface area (Å²) in [5, 5.41) is 22.9. The molecule has 0 spiro atoms. The van der Waals surface area contributed by atoms with Gasteiger partial charge in [0.1, 0.15) is 5.82 Å². The number of fused-ring (bicyclic) bond motifs is 1. The number of hydrogen-bond acceptors (Lipinski definition) is 4. The van der Waals surface area contributed by atoms with Gasteiger partial charge in [0.25, 0.3) is 0 Å². The van der Waals surface area contributed by atoms with Gasteiger partial charge in [-0.1, -0.05) is 0 Å². The van der Waals surface area contributed by atoms with E-state index in [1.165, 1.54) is 17.0 Å². The second kappa shape index (κ2) is 11.1. The normalized spacial score (nSPS) is 19.7. The van der Waals surface area contributed by atoms with Crippen molar-refractivity contribution in [3.63, 3.8) is 0 Å². The molecule has 10 heteroatoms. The summed E-state index contributed by atoms with van der Waals surface area (Å²) in [6, 6.07) is 6.34. The first-order valence-electron chi connectivity index (χ1n) is 13.1. The summed E-state index contributed by atoms with van der Waals surface area (Å²) in [5.74, 6) is -4.63. The highest BCUT2D eigenvalue weighted by atomic mass is 19.2. The van der Waals surface area contributed by atoms with Crippen molar-refractivity contribution in [3.8, 4) is 0 Å². The molecule has 5 rings (SSSR count). The van der Waals surface area contributed by atoms with Crippen LogP contribution in [-0.2, 0) is 4.79 Å². The first kappa shape index (κ1) is 27.4. The van der Waals surface area contributed by atoms with Crippen molar-refractivity contribution in [1.29, 1.82) is 0 Å². The predicted octanol–water partition coefficient (Wildman–Crippen LogP) is 4.33. The highest BCUT2D eigenvalue weighted by Crippen LogP contribution is 2.34. The lowest BCUT2D eigenvalue weighted by molar-refractivity contribution is -0.140. The van der Waals surface area contributed by atoms with E-state index in [9.17, 15) is 32.6 Å². The third kappa shape index (κ3) is 5.88. The lowest BCUT2D eigenvalue weighted by atomic mass is 9.84. The molecule has 1 amide bonds. The number of nitrogens with one attached hydrogen (secondary N) is 1. The van der Waals surface area contributed by atoms with E-state index in [2.05, 4.69) is 9.88 Å². The number of rotatable bonds is 6. The lowest BCUT2D eigenvalue weighted by Gasteiger charge is -2.43. The molecular formula is C29H31F4N3O3. The quantitative estimate of drug-likeness (QED) is 0.245. The van der Waals surface area contributed by atoms with E-state index in [4.69, 9.17) is 0 Å². The van der Waals surface area contributed by atoms with Crippen molar-refractivity contribution in [1.82, 2.24) is 14.8 Å². The van der Waals surface area contributed by atoms with Crippen LogP contribution in [0.3, 0.4) is 0 Å². The molecule has 3 heterocycles. The fourth-order valence-corrected chi connectivity index (χ4v) is 5.69. The zero-order valence-corrected chi connectivity index (χ0v) is 21.3. The zero-order valence-electron chi connectivity index (χ0n) is 21.3. The molecule has 2 fully saturated rings. The molecule has 3 aromatic rings. The Morgan fingerprint density at radius 1 is 1.05 bits per heavy atom. The summed E-state index contributed by atoms with van der Waals surface area (Å²) in [4.78, 5) is 19.4. The number of β-amino-alcohol motifs (C(OH)–C–C–N with tert-alkyl or cyclic N) is 1. The molecule has 2 saturated heterocycles. The lowest BCUT2D eigenvalue weighted by Crippen LogP contribution is -2.56. The molecule has 0 radical (unpaired) electrons. The number of halogens is 4. The smallest absolute Gasteiger partial charge is 0.246 e. The minimum atomic E-state index is -1.57. The first-order valence-corrected chi connectivity index (χ1v) is 13.1. The minimum Gasteiger partial charge on any atom is -0.389 e. The number of aromatic nitrogens is 1. The van der Waals surface area contributed by atoms with Gasteiger partial charge < -0.3 is 25.0 Å². The fraction of sp³-hybridized carbons (Fsp3) is 0.414. The number of carbonyl (C=O) groups is 1. The van der Waals surface area contributed by atoms with E-state index in [-0.39, 0.29) is 43.2 Å². The first-order chi connectivity index (χ1) is 18.6. The number of H-pyrrole nitrogens is 1. The summed E-state index contributed by atoms with van der Waals surface area (Å²) in [6.45, 7) is 2.20. The van der Waals surface area contributed by atoms with Gasteiger partial charge in [0.05, 0.1) is 11.7 Å². The Bertz CT molecular complexity index is 1350. The van der Waals surface area contributed by atoms with Crippen LogP contribution in [0.15, 0.2) is 42.6 Å². The molecule has 3 N–H and O–H groups in total. The van der Waals surface area contributed by atoms with Crippen LogP contribution >= 0.6 is 0 Å². The number of aliphatic hydroxyl groups excluding tert-OH is 1. The maximum atomic E-state index is 13.8. The fourth-order valence-electron chi connectivity index (χ4n) is 5.69. The molecule has 1 atom stereocenters. The van der Waals surface area contributed by atoms with Crippen LogP contribution in [-0.4, -0.2) is 75.3 Å². The Morgan fingerprint density at radius 3 is 2.38 bits per heavy atom. The second-order valence-corrected chi connectivity index (χ2v) is 10.6. The number of amides is 1. The molecule has 39 heavy (non-hydrogen) atoms. The van der Waals surface area contributed by atoms with Crippen LogP contribution in [0.2, 0.25) is 0 Å². The van der Waals surface area contributed by atoms with Crippen LogP contribution in [0, 0.1) is 23.3 Å². The SMILES string of the molecule is O=C(C=Cc1cc(F)c(F)c(F)c1)N1CCC(O)(C(O)CN2CCC(c3c[nH]c4ccc(F)cc34)CC2)CC1. The summed E-state index contributed by atoms with van der Waals surface area (Å²) >= 11 is 0. The van der Waals surface area contributed by atoms with Gasteiger partial charge in [-0.3, -0.25) is 4.79 Å². The molecule has 0 saturated carbocycles. The Hall–Kier alpha value is -3.21. The molecule has 2 aromatic carbocycles. The van der Waals surface area contributed by atoms with Crippen molar-refractivity contribution in [3.05, 3.63) is 77.0 Å². The number of nitrogens with zero attached hydrogens (tertiary/aromatic N) is 2. The number of aliphatic hydroxyl groups is 2. The second-order valence-electron chi connectivity index (χ2n) is 10.6. The van der Waals surface area contributed by atoms with Gasteiger partial charge in [0.2, 0.25) is 5.91 Å². The van der Waals surface area contributed by atoms with Gasteiger partial charge in [-0.25, -0.2) is 17.6 Å². The molecule has 1 unspecified atom stereocenters. The molecule has 208 valence electrons. The average Bonchev–Trinajstić information content (AvgIpc) is 3.34. The molecular weight excluding hydrogens is 514 g/mol. The number of benzene rings is 2. The van der Waals surface area contributed by atoms with Gasteiger partial charge in [-0.05, 0) is 92.2 Å². The van der Waals surface area contributed by atoms with Crippen LogP contribution < -0.4 is 0 Å². The van der Waals surface area contributed by atoms with Crippen LogP contribution in [0.5, 0.6) is 0 Å². The van der Waals surface area contributed by atoms with Crippen molar-refractivity contribution in [2.45, 2.75) is 43.3 Å². The zero-order chi connectivity index (χ0) is 27.7. The number of aromatic amines is 1. The van der Waals surface area contributed by atoms with E-state index >= 15 is 0 Å². The predicted molar refractivity (Wildman–Crippen MR) is 139 cm³/mol. The Balaban J connectivity index is 1.11. The summed E-state index contributed by atoms with van der Waals surface area (Å²) < 4.78 is 53.7. The van der Waals surface area contributed by atoms with Gasteiger partial charge in [-0.2, -0.15) is 0 Å². The summed E-state index contributed by atoms with van der Waals surface area (Å²) in [7, 11) is 0. The Labute approximate surface area is 223 Å². The third-order valence-corrected chi connectivity index (χ3v) is 8.12. The van der Waals surface area contributed by atoms with E-state index in [1.807, 2.05) is 6.20 Å². The maximum absolute atomic E-state index is 13.8. The highest BCUT2D eigenvalue weighted by Gasteiger charge is 2.40. The van der Waals surface area contributed by atoms with Crippen LogP contribution in [0.1, 0.15) is 42.7 Å². The molecule has 2 aliphatic heterocycles. The molecule has 0 aliphatic carbocycles. The van der Waals surface area contributed by atoms with Crippen molar-refractivity contribution >= 4 is 22.9 Å². The standard InChI is InChI=1S/C29H31F4N3O3/c30-20-2-3-25-21(15-20)22(16-34-25)19-5-9-35(10-6-19)17-26(37)29(39)7-11-36(12-8-29)27(38)4-1-18-13-23(31)28(33)24(32)14-18/h1-4,13-16,19,26,34,37,39H,5-12,17H2. The van der Waals surface area contributed by atoms with E-state index < -0.39 is 35.1 Å².